The minimum atomic E-state index is -4.32. The van der Waals surface area contributed by atoms with Crippen molar-refractivity contribution in [2.24, 2.45) is 11.1 Å². The van der Waals surface area contributed by atoms with Crippen LogP contribution >= 0.6 is 0 Å². The molecule has 0 spiro atoms. The lowest BCUT2D eigenvalue weighted by Crippen LogP contribution is -2.41. The van der Waals surface area contributed by atoms with Crippen molar-refractivity contribution in [2.75, 3.05) is 26.4 Å². The minimum Gasteiger partial charge on any atom is -0.493 e. The monoisotopic (exact) mass is 289 g/mol. The highest BCUT2D eigenvalue weighted by molar-refractivity contribution is 5.28. The molecule has 1 saturated heterocycles. The normalized spacial score (nSPS) is 18.8. The molecule has 1 aliphatic rings. The number of rotatable bonds is 4. The lowest BCUT2D eigenvalue weighted by atomic mass is 9.81. The summed E-state index contributed by atoms with van der Waals surface area (Å²) in [5.41, 5.74) is 4.98. The molecule has 3 nitrogen and oxygen atoms in total. The zero-order valence-electron chi connectivity index (χ0n) is 11.1. The van der Waals surface area contributed by atoms with Crippen LogP contribution in [0.25, 0.3) is 0 Å². The van der Waals surface area contributed by atoms with Gasteiger partial charge in [0.05, 0.1) is 12.2 Å². The van der Waals surface area contributed by atoms with Crippen LogP contribution in [0.3, 0.4) is 0 Å². The number of nitrogens with two attached hydrogens (primary N) is 1. The number of hydrogen-bond donors (Lipinski definition) is 1. The van der Waals surface area contributed by atoms with Crippen LogP contribution in [0.2, 0.25) is 0 Å². The fourth-order valence-corrected chi connectivity index (χ4v) is 2.19. The molecule has 1 heterocycles. The molecule has 112 valence electrons. The van der Waals surface area contributed by atoms with E-state index in [4.69, 9.17) is 15.2 Å². The Morgan fingerprint density at radius 2 is 1.75 bits per heavy atom. The molecule has 0 unspecified atom stereocenters. The van der Waals surface area contributed by atoms with E-state index in [0.717, 1.165) is 25.0 Å². The van der Waals surface area contributed by atoms with Gasteiger partial charge >= 0.3 is 6.18 Å². The molecular weight excluding hydrogens is 271 g/mol. The zero-order chi connectivity index (χ0) is 14.6. The molecular formula is C14H18F3NO2. The molecule has 0 radical (unpaired) electrons. The third-order valence-corrected chi connectivity index (χ3v) is 3.71. The Morgan fingerprint density at radius 1 is 1.15 bits per heavy atom. The molecule has 2 rings (SSSR count). The number of halogens is 3. The van der Waals surface area contributed by atoms with Gasteiger partial charge in [0.15, 0.2) is 0 Å². The Morgan fingerprint density at radius 3 is 2.25 bits per heavy atom. The molecule has 20 heavy (non-hydrogen) atoms. The highest BCUT2D eigenvalue weighted by Gasteiger charge is 2.33. The second-order valence-electron chi connectivity index (χ2n) is 5.13. The van der Waals surface area contributed by atoms with Crippen molar-refractivity contribution in [3.8, 4) is 5.75 Å². The van der Waals surface area contributed by atoms with Crippen molar-refractivity contribution in [1.29, 1.82) is 0 Å². The third-order valence-electron chi connectivity index (χ3n) is 3.71. The van der Waals surface area contributed by atoms with Crippen molar-refractivity contribution in [3.05, 3.63) is 29.8 Å². The number of alkyl halides is 3. The van der Waals surface area contributed by atoms with Gasteiger partial charge in [-0.2, -0.15) is 13.2 Å². The van der Waals surface area contributed by atoms with Crippen LogP contribution in [0.5, 0.6) is 5.75 Å². The van der Waals surface area contributed by atoms with Gasteiger partial charge in [-0.25, -0.2) is 0 Å². The highest BCUT2D eigenvalue weighted by Crippen LogP contribution is 2.32. The standard InChI is InChI=1S/C14H18F3NO2/c15-14(16,17)11-1-3-12(4-2-11)20-10-13(9-18)5-7-19-8-6-13/h1-4H,5-10,18H2. The molecule has 0 saturated carbocycles. The molecule has 1 aromatic rings. The first-order valence-electron chi connectivity index (χ1n) is 6.53. The second kappa shape index (κ2) is 6.01. The smallest absolute Gasteiger partial charge is 0.416 e. The second-order valence-corrected chi connectivity index (χ2v) is 5.13. The molecule has 2 N–H and O–H groups in total. The first kappa shape index (κ1) is 15.1. The molecule has 1 aliphatic heterocycles. The van der Waals surface area contributed by atoms with Gasteiger partial charge in [-0.05, 0) is 37.1 Å². The molecule has 0 aromatic heterocycles. The third kappa shape index (κ3) is 3.64. The molecule has 1 aromatic carbocycles. The van der Waals surface area contributed by atoms with E-state index in [2.05, 4.69) is 0 Å². The average molecular weight is 289 g/mol. The highest BCUT2D eigenvalue weighted by atomic mass is 19.4. The van der Waals surface area contributed by atoms with Crippen LogP contribution in [0.1, 0.15) is 18.4 Å². The van der Waals surface area contributed by atoms with Crippen LogP contribution in [0.15, 0.2) is 24.3 Å². The summed E-state index contributed by atoms with van der Waals surface area (Å²) in [4.78, 5) is 0. The van der Waals surface area contributed by atoms with E-state index in [0.29, 0.717) is 32.1 Å². The fourth-order valence-electron chi connectivity index (χ4n) is 2.19. The van der Waals surface area contributed by atoms with Gasteiger partial charge in [0, 0.05) is 25.2 Å². The topological polar surface area (TPSA) is 44.5 Å². The summed E-state index contributed by atoms with van der Waals surface area (Å²) >= 11 is 0. The quantitative estimate of drug-likeness (QED) is 0.927. The van der Waals surface area contributed by atoms with Gasteiger partial charge in [0.1, 0.15) is 5.75 Å². The van der Waals surface area contributed by atoms with Gasteiger partial charge in [-0.1, -0.05) is 0 Å². The fraction of sp³-hybridized carbons (Fsp3) is 0.571. The Bertz CT molecular complexity index is 425. The van der Waals surface area contributed by atoms with Gasteiger partial charge in [-0.3, -0.25) is 0 Å². The maximum absolute atomic E-state index is 12.4. The van der Waals surface area contributed by atoms with Gasteiger partial charge < -0.3 is 15.2 Å². The zero-order valence-corrected chi connectivity index (χ0v) is 11.1. The van der Waals surface area contributed by atoms with E-state index in [-0.39, 0.29) is 5.41 Å². The molecule has 0 bridgehead atoms. The first-order valence-corrected chi connectivity index (χ1v) is 6.53. The summed E-state index contributed by atoms with van der Waals surface area (Å²) in [6, 6.07) is 4.72. The minimum absolute atomic E-state index is 0.138. The Kier molecular flexibility index (Phi) is 4.55. The first-order chi connectivity index (χ1) is 9.45. The van der Waals surface area contributed by atoms with Crippen molar-refractivity contribution >= 4 is 0 Å². The lowest BCUT2D eigenvalue weighted by Gasteiger charge is -2.35. The summed E-state index contributed by atoms with van der Waals surface area (Å²) in [6.07, 6.45) is -2.70. The van der Waals surface area contributed by atoms with E-state index < -0.39 is 11.7 Å². The summed E-state index contributed by atoms with van der Waals surface area (Å²) in [5, 5.41) is 0. The van der Waals surface area contributed by atoms with E-state index in [1.54, 1.807) is 0 Å². The lowest BCUT2D eigenvalue weighted by molar-refractivity contribution is -0.137. The van der Waals surface area contributed by atoms with Crippen molar-refractivity contribution in [1.82, 2.24) is 0 Å². The molecule has 6 heteroatoms. The molecule has 0 aliphatic carbocycles. The summed E-state index contributed by atoms with van der Waals surface area (Å²) in [6.45, 7) is 2.18. The van der Waals surface area contributed by atoms with Crippen LogP contribution < -0.4 is 10.5 Å². The van der Waals surface area contributed by atoms with Crippen molar-refractivity contribution in [2.45, 2.75) is 19.0 Å². The Hall–Kier alpha value is -1.27. The van der Waals surface area contributed by atoms with Crippen LogP contribution in [-0.2, 0) is 10.9 Å². The van der Waals surface area contributed by atoms with Crippen molar-refractivity contribution < 1.29 is 22.6 Å². The molecule has 0 amide bonds. The molecule has 0 atom stereocenters. The largest absolute Gasteiger partial charge is 0.493 e. The Balaban J connectivity index is 1.96. The van der Waals surface area contributed by atoms with Gasteiger partial charge in [-0.15, -0.1) is 0 Å². The van der Waals surface area contributed by atoms with Gasteiger partial charge in [0.25, 0.3) is 0 Å². The van der Waals surface area contributed by atoms with E-state index in [9.17, 15) is 13.2 Å². The predicted octanol–water partition coefficient (Wildman–Crippen LogP) is 2.84. The SMILES string of the molecule is NCC1(COc2ccc(C(F)(F)F)cc2)CCOCC1. The summed E-state index contributed by atoms with van der Waals surface area (Å²) in [7, 11) is 0. The average Bonchev–Trinajstić information content (AvgIpc) is 2.46. The van der Waals surface area contributed by atoms with E-state index in [1.807, 2.05) is 0 Å². The maximum atomic E-state index is 12.4. The number of benzene rings is 1. The van der Waals surface area contributed by atoms with Crippen LogP contribution in [0.4, 0.5) is 13.2 Å². The van der Waals surface area contributed by atoms with E-state index >= 15 is 0 Å². The number of ether oxygens (including phenoxy) is 2. The summed E-state index contributed by atoms with van der Waals surface area (Å²) < 4.78 is 48.2. The summed E-state index contributed by atoms with van der Waals surface area (Å²) in [5.74, 6) is 0.428. The van der Waals surface area contributed by atoms with Crippen LogP contribution in [0, 0.1) is 5.41 Å². The van der Waals surface area contributed by atoms with E-state index in [1.165, 1.54) is 12.1 Å². The van der Waals surface area contributed by atoms with Gasteiger partial charge in [0.2, 0.25) is 0 Å². The van der Waals surface area contributed by atoms with Crippen LogP contribution in [-0.4, -0.2) is 26.4 Å². The maximum Gasteiger partial charge on any atom is 0.416 e. The Labute approximate surface area is 115 Å². The van der Waals surface area contributed by atoms with Crippen molar-refractivity contribution in [3.63, 3.8) is 0 Å². The predicted molar refractivity (Wildman–Crippen MR) is 68.5 cm³/mol. The molecule has 1 fully saturated rings. The number of hydrogen-bond acceptors (Lipinski definition) is 3.